The molecule has 6 aromatic rings. The number of benzene rings is 2. The summed E-state index contributed by atoms with van der Waals surface area (Å²) in [5, 5.41) is 16.4. The molecule has 4 N–H and O–H groups in total. The number of aromatic nitrogens is 6. The summed E-state index contributed by atoms with van der Waals surface area (Å²) in [5.41, 5.74) is 3.50. The van der Waals surface area contributed by atoms with Crippen molar-refractivity contribution < 1.29 is 62.8 Å². The molecule has 6 atom stereocenters. The molecule has 2 saturated heterocycles. The summed E-state index contributed by atoms with van der Waals surface area (Å²) in [6.45, 7) is 15.8. The van der Waals surface area contributed by atoms with Crippen LogP contribution in [0.1, 0.15) is 110 Å². The summed E-state index contributed by atoms with van der Waals surface area (Å²) >= 11 is 0. The van der Waals surface area contributed by atoms with Crippen molar-refractivity contribution in [2.45, 2.75) is 111 Å². The van der Waals surface area contributed by atoms with Crippen LogP contribution < -0.4 is 50.4 Å². The van der Waals surface area contributed by atoms with Gasteiger partial charge in [0.25, 0.3) is 11.1 Å². The maximum absolute atomic E-state index is 13.8. The van der Waals surface area contributed by atoms with Gasteiger partial charge < -0.3 is 45.2 Å². The Morgan fingerprint density at radius 3 is 1.47 bits per heavy atom. The van der Waals surface area contributed by atoms with E-state index in [9.17, 15) is 33.9 Å². The van der Waals surface area contributed by atoms with Crippen LogP contribution in [0.25, 0.3) is 21.8 Å². The van der Waals surface area contributed by atoms with Crippen LogP contribution >= 0.6 is 0 Å². The summed E-state index contributed by atoms with van der Waals surface area (Å²) in [6, 6.07) is 15.0. The third-order valence-electron chi connectivity index (χ3n) is 13.3. The fraction of sp³-hybridized carbons (Fsp3) is 0.464. The minimum atomic E-state index is -1.06. The van der Waals surface area contributed by atoms with Crippen molar-refractivity contribution in [3.05, 3.63) is 130 Å². The van der Waals surface area contributed by atoms with Crippen molar-refractivity contribution in [3.8, 4) is 0 Å². The third kappa shape index (κ3) is 16.0. The molecule has 414 valence electrons. The van der Waals surface area contributed by atoms with E-state index in [1.807, 2.05) is 52.8 Å². The molecule has 21 nitrogen and oxygen atoms in total. The number of esters is 1. The summed E-state index contributed by atoms with van der Waals surface area (Å²) in [5.74, 6) is -2.12. The molecule has 2 aromatic carbocycles. The summed E-state index contributed by atoms with van der Waals surface area (Å²) < 4.78 is 18.7. The number of nitrogens with one attached hydrogen (secondary N) is 2. The normalized spacial score (nSPS) is 16.7. The van der Waals surface area contributed by atoms with Gasteiger partial charge >= 0.3 is 30.8 Å². The van der Waals surface area contributed by atoms with E-state index in [1.54, 1.807) is 67.3 Å². The van der Waals surface area contributed by atoms with Crippen LogP contribution in [-0.2, 0) is 33.4 Å². The van der Waals surface area contributed by atoms with Crippen molar-refractivity contribution in [1.29, 1.82) is 0 Å². The number of ether oxygens (including phenoxy) is 3. The van der Waals surface area contributed by atoms with Gasteiger partial charge in [-0.1, -0.05) is 59.4 Å². The van der Waals surface area contributed by atoms with E-state index in [4.69, 9.17) is 14.2 Å². The quantitative estimate of drug-likeness (QED) is 0.0822. The van der Waals surface area contributed by atoms with Gasteiger partial charge in [-0.3, -0.25) is 47.9 Å². The minimum Gasteiger partial charge on any atom is -0.870 e. The first-order valence-corrected chi connectivity index (χ1v) is 25.4. The smallest absolute Gasteiger partial charge is 0.870 e. The van der Waals surface area contributed by atoms with Gasteiger partial charge in [0, 0.05) is 37.6 Å². The topological polar surface area (TPSA) is 272 Å². The van der Waals surface area contributed by atoms with Crippen LogP contribution in [-0.4, -0.2) is 122 Å². The zero-order chi connectivity index (χ0) is 53.8. The number of hydrogen-bond acceptors (Lipinski definition) is 16. The van der Waals surface area contributed by atoms with Crippen molar-refractivity contribution >= 4 is 56.9 Å². The number of methoxy groups -OCH3 is 1. The molecule has 4 aromatic heterocycles. The van der Waals surface area contributed by atoms with Gasteiger partial charge in [0.05, 0.1) is 117 Å². The van der Waals surface area contributed by atoms with Gasteiger partial charge in [-0.15, -0.1) is 0 Å². The second-order valence-electron chi connectivity index (χ2n) is 19.9. The first-order chi connectivity index (χ1) is 36.0. The molecule has 0 bridgehead atoms. The van der Waals surface area contributed by atoms with Crippen LogP contribution in [0.2, 0.25) is 0 Å². The number of hydrogen-bond donors (Lipinski definition) is 3. The SMILES string of the molecule is C.CC(C)C[C@@H](C(=O)NC(CC(=O)O)c1cncc(N2CCOC[C@@H]2C)c1)n1cnc2ccccc2c1=O.COC(=O)CC(NC(=O)[C@H](CC(C)C)n1cnc2ccccc2c1=O)c1cncc(N2CCOC[C@@H]2C)c1.[Li+].[OH-]. The van der Waals surface area contributed by atoms with E-state index < -0.39 is 42.0 Å². The number of aliphatic carboxylic acids is 1. The number of fused-ring (bicyclic) bond motifs is 2. The van der Waals surface area contributed by atoms with E-state index in [2.05, 4.69) is 47.3 Å². The number of anilines is 2. The Morgan fingerprint density at radius 1 is 0.679 bits per heavy atom. The maximum atomic E-state index is 13.8. The number of para-hydroxylation sites is 2. The molecule has 2 fully saturated rings. The van der Waals surface area contributed by atoms with Gasteiger partial charge in [-0.25, -0.2) is 9.97 Å². The zero-order valence-electron chi connectivity index (χ0n) is 45.1. The van der Waals surface area contributed by atoms with Crippen molar-refractivity contribution in [1.82, 2.24) is 39.7 Å². The number of carbonyl (C=O) groups is 4. The molecule has 2 amide bonds. The fourth-order valence-corrected chi connectivity index (χ4v) is 9.47. The molecular formula is C56H73LiN10O11. The average molecular weight is 1070 g/mol. The van der Waals surface area contributed by atoms with Gasteiger partial charge in [0.15, 0.2) is 0 Å². The second kappa shape index (κ2) is 29.6. The molecule has 78 heavy (non-hydrogen) atoms. The van der Waals surface area contributed by atoms with E-state index in [0.29, 0.717) is 85.3 Å². The molecule has 2 aliphatic rings. The predicted octanol–water partition coefficient (Wildman–Crippen LogP) is 3.42. The van der Waals surface area contributed by atoms with Crippen molar-refractivity contribution in [2.24, 2.45) is 11.8 Å². The number of carboxylic acid groups (broad SMARTS) is 1. The number of amides is 2. The Kier molecular flexibility index (Phi) is 24.1. The Hall–Kier alpha value is -7.02. The molecular weight excluding hydrogens is 996 g/mol. The summed E-state index contributed by atoms with van der Waals surface area (Å²) in [4.78, 5) is 100.0. The first kappa shape index (κ1) is 63.5. The van der Waals surface area contributed by atoms with Crippen molar-refractivity contribution in [2.75, 3.05) is 56.4 Å². The van der Waals surface area contributed by atoms with E-state index in [1.165, 1.54) is 28.9 Å². The number of carbonyl (C=O) groups excluding carboxylic acids is 3. The zero-order valence-corrected chi connectivity index (χ0v) is 45.1. The van der Waals surface area contributed by atoms with E-state index in [0.717, 1.165) is 11.4 Å². The summed E-state index contributed by atoms with van der Waals surface area (Å²) in [7, 11) is 1.31. The molecule has 6 heterocycles. The largest absolute Gasteiger partial charge is 1.00 e. The maximum Gasteiger partial charge on any atom is 1.00 e. The van der Waals surface area contributed by atoms with Crippen molar-refractivity contribution in [3.63, 3.8) is 0 Å². The monoisotopic (exact) mass is 1070 g/mol. The van der Waals surface area contributed by atoms with Gasteiger partial charge in [-0.2, -0.15) is 0 Å². The van der Waals surface area contributed by atoms with E-state index >= 15 is 0 Å². The fourth-order valence-electron chi connectivity index (χ4n) is 9.47. The average Bonchev–Trinajstić information content (AvgIpc) is 3.43. The minimum absolute atomic E-state index is 0. The molecule has 0 aliphatic carbocycles. The molecule has 0 spiro atoms. The van der Waals surface area contributed by atoms with Crippen LogP contribution in [0.4, 0.5) is 11.4 Å². The van der Waals surface area contributed by atoms with E-state index in [-0.39, 0.29) is 85.6 Å². The number of carboxylic acids is 1. The molecule has 8 rings (SSSR count). The Morgan fingerprint density at radius 2 is 1.09 bits per heavy atom. The molecule has 2 unspecified atom stereocenters. The predicted molar refractivity (Wildman–Crippen MR) is 292 cm³/mol. The van der Waals surface area contributed by atoms with Crippen LogP contribution in [0.5, 0.6) is 0 Å². The third-order valence-corrected chi connectivity index (χ3v) is 13.3. The Bertz CT molecular complexity index is 3080. The van der Waals surface area contributed by atoms with Crippen LogP contribution in [0.3, 0.4) is 0 Å². The Balaban J connectivity index is 0.000000324. The van der Waals surface area contributed by atoms with Gasteiger partial charge in [0.1, 0.15) is 12.1 Å². The number of morpholine rings is 2. The van der Waals surface area contributed by atoms with Gasteiger partial charge in [0.2, 0.25) is 11.8 Å². The van der Waals surface area contributed by atoms with Crippen LogP contribution in [0.15, 0.2) is 108 Å². The first-order valence-electron chi connectivity index (χ1n) is 25.4. The molecule has 0 saturated carbocycles. The molecule has 2 aliphatic heterocycles. The van der Waals surface area contributed by atoms with Gasteiger partial charge in [-0.05, 0) is 86.1 Å². The Labute approximate surface area is 466 Å². The summed E-state index contributed by atoms with van der Waals surface area (Å²) in [6.07, 6.45) is 9.93. The van der Waals surface area contributed by atoms with Crippen LogP contribution in [0, 0.1) is 11.8 Å². The molecule has 0 radical (unpaired) electrons. The number of pyridine rings is 2. The number of nitrogens with zero attached hydrogens (tertiary/aromatic N) is 8. The second-order valence-corrected chi connectivity index (χ2v) is 19.9. The molecule has 22 heteroatoms. The standard InChI is InChI=1S/C28H35N5O5.C27H33N5O5.CH4.Li.H2O/c1-18(2)11-25(33-17-30-23-8-6-5-7-22(23)28(33)36)27(35)31-24(13-26(34)37-4)20-12-21(15-29-14-20)32-9-10-38-16-19(32)3;1-17(2)10-24(32-16-29-22-7-5-4-6-21(22)27(32)36)26(35)30-23(12-25(33)34)19-11-20(14-28-13-19)31-8-9-37-15-18(31)3;;;/h5-8,12,14-15,17-19,24-25H,9-11,13,16H2,1-4H3,(H,31,35);4-7,11,13-14,16-18,23-24H,8-10,12,15H2,1-3H3,(H,30,35)(H,33,34);1H4;;1H2/q;;;+1;/p-1/t19-,24?,25-;18-,23?,24-;;;/m00.../s1. The number of rotatable bonds is 18.